The lowest BCUT2D eigenvalue weighted by atomic mass is 10.1. The Morgan fingerprint density at radius 3 is 2.90 bits per heavy atom. The van der Waals surface area contributed by atoms with Gasteiger partial charge in [0, 0.05) is 10.3 Å². The average Bonchev–Trinajstić information content (AvgIpc) is 3.09. The van der Waals surface area contributed by atoms with Crippen LogP contribution in [0.4, 0.5) is 4.39 Å². The third-order valence-corrected chi connectivity index (χ3v) is 4.16. The SMILES string of the molecule is CCCNC(c1cc2cccc(F)c2o1)c1cccs1. The van der Waals surface area contributed by atoms with E-state index in [1.165, 1.54) is 10.9 Å². The smallest absolute Gasteiger partial charge is 0.169 e. The average molecular weight is 289 g/mol. The molecular weight excluding hydrogens is 273 g/mol. The highest BCUT2D eigenvalue weighted by Crippen LogP contribution is 2.31. The maximum absolute atomic E-state index is 13.7. The van der Waals surface area contributed by atoms with E-state index in [2.05, 4.69) is 18.3 Å². The Bertz CT molecular complexity index is 690. The fraction of sp³-hybridized carbons (Fsp3) is 0.250. The lowest BCUT2D eigenvalue weighted by Gasteiger charge is -2.14. The molecule has 3 rings (SSSR count). The number of thiophene rings is 1. The zero-order valence-electron chi connectivity index (χ0n) is 11.2. The van der Waals surface area contributed by atoms with Crippen molar-refractivity contribution >= 4 is 22.3 Å². The van der Waals surface area contributed by atoms with Gasteiger partial charge in [-0.15, -0.1) is 11.3 Å². The fourth-order valence-electron chi connectivity index (χ4n) is 2.28. The molecule has 20 heavy (non-hydrogen) atoms. The number of hydrogen-bond donors (Lipinski definition) is 1. The number of nitrogens with one attached hydrogen (secondary N) is 1. The van der Waals surface area contributed by atoms with Crippen LogP contribution in [0.2, 0.25) is 0 Å². The Kier molecular flexibility index (Phi) is 3.85. The molecule has 2 nitrogen and oxygen atoms in total. The van der Waals surface area contributed by atoms with Crippen molar-refractivity contribution in [2.45, 2.75) is 19.4 Å². The van der Waals surface area contributed by atoms with Gasteiger partial charge in [0.05, 0.1) is 0 Å². The summed E-state index contributed by atoms with van der Waals surface area (Å²) in [5.74, 6) is 0.454. The number of halogens is 1. The van der Waals surface area contributed by atoms with E-state index in [-0.39, 0.29) is 11.9 Å². The second-order valence-corrected chi connectivity index (χ2v) is 5.69. The summed E-state index contributed by atoms with van der Waals surface area (Å²) in [6, 6.07) is 11.0. The van der Waals surface area contributed by atoms with E-state index in [1.807, 2.05) is 23.6 Å². The summed E-state index contributed by atoms with van der Waals surface area (Å²) in [5, 5.41) is 6.31. The quantitative estimate of drug-likeness (QED) is 0.735. The predicted octanol–water partition coefficient (Wildman–Crippen LogP) is 4.72. The third-order valence-electron chi connectivity index (χ3n) is 3.23. The highest BCUT2D eigenvalue weighted by molar-refractivity contribution is 7.10. The monoisotopic (exact) mass is 289 g/mol. The first-order valence-electron chi connectivity index (χ1n) is 6.74. The van der Waals surface area contributed by atoms with Gasteiger partial charge in [-0.3, -0.25) is 0 Å². The van der Waals surface area contributed by atoms with Gasteiger partial charge in [0.1, 0.15) is 11.8 Å². The summed E-state index contributed by atoms with van der Waals surface area (Å²) < 4.78 is 19.5. The van der Waals surface area contributed by atoms with Crippen LogP contribution in [-0.2, 0) is 0 Å². The summed E-state index contributed by atoms with van der Waals surface area (Å²) in [4.78, 5) is 1.18. The first-order chi connectivity index (χ1) is 9.79. The Morgan fingerprint density at radius 1 is 1.30 bits per heavy atom. The van der Waals surface area contributed by atoms with Gasteiger partial charge < -0.3 is 9.73 Å². The molecule has 0 aliphatic carbocycles. The molecule has 0 spiro atoms. The van der Waals surface area contributed by atoms with Crippen molar-refractivity contribution in [1.29, 1.82) is 0 Å². The van der Waals surface area contributed by atoms with Gasteiger partial charge in [0.25, 0.3) is 0 Å². The summed E-state index contributed by atoms with van der Waals surface area (Å²) in [7, 11) is 0. The molecule has 0 aliphatic heterocycles. The van der Waals surface area contributed by atoms with E-state index in [1.54, 1.807) is 17.4 Å². The van der Waals surface area contributed by atoms with Crippen molar-refractivity contribution < 1.29 is 8.81 Å². The lowest BCUT2D eigenvalue weighted by molar-refractivity contribution is 0.462. The van der Waals surface area contributed by atoms with E-state index >= 15 is 0 Å². The zero-order valence-corrected chi connectivity index (χ0v) is 12.0. The van der Waals surface area contributed by atoms with Crippen LogP contribution in [0.1, 0.15) is 30.0 Å². The highest BCUT2D eigenvalue weighted by Gasteiger charge is 2.19. The van der Waals surface area contributed by atoms with Gasteiger partial charge >= 0.3 is 0 Å². The van der Waals surface area contributed by atoms with Crippen LogP contribution in [0.3, 0.4) is 0 Å². The van der Waals surface area contributed by atoms with Crippen LogP contribution in [0.25, 0.3) is 11.0 Å². The maximum atomic E-state index is 13.7. The topological polar surface area (TPSA) is 25.2 Å². The predicted molar refractivity (Wildman–Crippen MR) is 80.6 cm³/mol. The van der Waals surface area contributed by atoms with Crippen molar-refractivity contribution in [3.63, 3.8) is 0 Å². The van der Waals surface area contributed by atoms with Crippen molar-refractivity contribution in [2.75, 3.05) is 6.54 Å². The molecule has 1 atom stereocenters. The van der Waals surface area contributed by atoms with Crippen LogP contribution in [-0.4, -0.2) is 6.54 Å². The molecule has 1 N–H and O–H groups in total. The number of benzene rings is 1. The first-order valence-corrected chi connectivity index (χ1v) is 7.62. The second kappa shape index (κ2) is 5.77. The summed E-state index contributed by atoms with van der Waals surface area (Å²) >= 11 is 1.67. The number of fused-ring (bicyclic) bond motifs is 1. The molecule has 0 fully saturated rings. The molecule has 0 saturated heterocycles. The molecule has 3 aromatic rings. The molecule has 0 bridgehead atoms. The van der Waals surface area contributed by atoms with Crippen molar-refractivity contribution in [2.24, 2.45) is 0 Å². The van der Waals surface area contributed by atoms with Crippen LogP contribution < -0.4 is 5.32 Å². The van der Waals surface area contributed by atoms with Crippen molar-refractivity contribution in [3.05, 3.63) is 58.2 Å². The third kappa shape index (κ3) is 2.49. The number of para-hydroxylation sites is 1. The van der Waals surface area contributed by atoms with Crippen molar-refractivity contribution in [3.8, 4) is 0 Å². The summed E-state index contributed by atoms with van der Waals surface area (Å²) in [5.41, 5.74) is 0.336. The van der Waals surface area contributed by atoms with Gasteiger partial charge in [0.2, 0.25) is 0 Å². The van der Waals surface area contributed by atoms with Gasteiger partial charge in [-0.25, -0.2) is 4.39 Å². The molecule has 0 saturated carbocycles. The Balaban J connectivity index is 2.02. The molecule has 2 heterocycles. The minimum Gasteiger partial charge on any atom is -0.456 e. The molecule has 1 unspecified atom stereocenters. The fourth-order valence-corrected chi connectivity index (χ4v) is 3.08. The van der Waals surface area contributed by atoms with E-state index < -0.39 is 0 Å². The normalized spacial score (nSPS) is 12.9. The minimum absolute atomic E-state index is 0.0123. The maximum Gasteiger partial charge on any atom is 0.169 e. The molecule has 4 heteroatoms. The van der Waals surface area contributed by atoms with Crippen molar-refractivity contribution in [1.82, 2.24) is 5.32 Å². The molecule has 2 aromatic heterocycles. The van der Waals surface area contributed by atoms with Gasteiger partial charge in [0.15, 0.2) is 11.4 Å². The molecule has 0 aliphatic rings. The molecule has 0 amide bonds. The van der Waals surface area contributed by atoms with E-state index in [9.17, 15) is 4.39 Å². The lowest BCUT2D eigenvalue weighted by Crippen LogP contribution is -2.21. The summed E-state index contributed by atoms with van der Waals surface area (Å²) in [6.07, 6.45) is 1.04. The first kappa shape index (κ1) is 13.3. The number of rotatable bonds is 5. The van der Waals surface area contributed by atoms with Crippen LogP contribution in [0.5, 0.6) is 0 Å². The Hall–Kier alpha value is -1.65. The molecular formula is C16H16FNOS. The van der Waals surface area contributed by atoms with Gasteiger partial charge in [-0.1, -0.05) is 25.1 Å². The highest BCUT2D eigenvalue weighted by atomic mass is 32.1. The van der Waals surface area contributed by atoms with Crippen LogP contribution >= 0.6 is 11.3 Å². The van der Waals surface area contributed by atoms with Gasteiger partial charge in [-0.2, -0.15) is 0 Å². The standard InChI is InChI=1S/C16H16FNOS/c1-2-8-18-15(14-7-4-9-20-14)13-10-11-5-3-6-12(17)16(11)19-13/h3-7,9-10,15,18H,2,8H2,1H3. The van der Waals surface area contributed by atoms with E-state index in [4.69, 9.17) is 4.42 Å². The number of hydrogen-bond acceptors (Lipinski definition) is 3. The van der Waals surface area contributed by atoms with E-state index in [0.717, 1.165) is 24.1 Å². The van der Waals surface area contributed by atoms with E-state index in [0.29, 0.717) is 5.58 Å². The Labute approximate surface area is 121 Å². The minimum atomic E-state index is -0.311. The number of furan rings is 1. The van der Waals surface area contributed by atoms with Crippen LogP contribution in [0.15, 0.2) is 46.2 Å². The largest absolute Gasteiger partial charge is 0.456 e. The molecule has 1 aromatic carbocycles. The zero-order chi connectivity index (χ0) is 13.9. The Morgan fingerprint density at radius 2 is 2.20 bits per heavy atom. The summed E-state index contributed by atoms with van der Waals surface area (Å²) in [6.45, 7) is 3.01. The van der Waals surface area contributed by atoms with Gasteiger partial charge in [-0.05, 0) is 36.5 Å². The molecule has 104 valence electrons. The van der Waals surface area contributed by atoms with Crippen LogP contribution in [0, 0.1) is 5.82 Å². The molecule has 0 radical (unpaired) electrons. The second-order valence-electron chi connectivity index (χ2n) is 4.71.